The van der Waals surface area contributed by atoms with Crippen molar-refractivity contribution >= 4 is 11.6 Å². The highest BCUT2D eigenvalue weighted by atomic mass is 35.5. The van der Waals surface area contributed by atoms with Crippen LogP contribution in [0.15, 0.2) is 48.5 Å². The molecule has 2 aromatic rings. The number of hydrogen-bond donors (Lipinski definition) is 1. The van der Waals surface area contributed by atoms with E-state index in [1.165, 1.54) is 6.07 Å². The van der Waals surface area contributed by atoms with Gasteiger partial charge in [-0.25, -0.2) is 4.39 Å². The van der Waals surface area contributed by atoms with Gasteiger partial charge in [-0.05, 0) is 24.6 Å². The van der Waals surface area contributed by atoms with Crippen molar-refractivity contribution in [1.29, 1.82) is 0 Å². The van der Waals surface area contributed by atoms with E-state index in [9.17, 15) is 4.39 Å². The standard InChI is InChI=1S/C15H15ClFN/c1-11(13-7-3-5-9-15(13)17)18-10-12-6-2-4-8-14(12)16/h2-9,11,18H,10H2,1H3. The van der Waals surface area contributed by atoms with Crippen LogP contribution in [-0.2, 0) is 6.54 Å². The van der Waals surface area contributed by atoms with Crippen molar-refractivity contribution in [2.75, 3.05) is 0 Å². The maximum atomic E-state index is 13.6. The Morgan fingerprint density at radius 1 is 1.11 bits per heavy atom. The van der Waals surface area contributed by atoms with Crippen LogP contribution in [0.1, 0.15) is 24.1 Å². The summed E-state index contributed by atoms with van der Waals surface area (Å²) in [5.41, 5.74) is 1.69. The summed E-state index contributed by atoms with van der Waals surface area (Å²) in [7, 11) is 0. The Morgan fingerprint density at radius 3 is 2.50 bits per heavy atom. The second-order valence-electron chi connectivity index (χ2n) is 4.22. The minimum Gasteiger partial charge on any atom is -0.306 e. The SMILES string of the molecule is CC(NCc1ccccc1Cl)c1ccccc1F. The van der Waals surface area contributed by atoms with Crippen LogP contribution in [0.4, 0.5) is 4.39 Å². The smallest absolute Gasteiger partial charge is 0.127 e. The maximum Gasteiger partial charge on any atom is 0.127 e. The lowest BCUT2D eigenvalue weighted by molar-refractivity contribution is 0.528. The topological polar surface area (TPSA) is 12.0 Å². The average molecular weight is 264 g/mol. The van der Waals surface area contributed by atoms with Crippen LogP contribution in [-0.4, -0.2) is 0 Å². The van der Waals surface area contributed by atoms with E-state index in [4.69, 9.17) is 11.6 Å². The highest BCUT2D eigenvalue weighted by Crippen LogP contribution is 2.19. The quantitative estimate of drug-likeness (QED) is 0.866. The lowest BCUT2D eigenvalue weighted by atomic mass is 10.1. The molecule has 18 heavy (non-hydrogen) atoms. The van der Waals surface area contributed by atoms with Crippen LogP contribution in [0.5, 0.6) is 0 Å². The Bertz CT molecular complexity index is 527. The van der Waals surface area contributed by atoms with Crippen molar-refractivity contribution in [3.63, 3.8) is 0 Å². The fraction of sp³-hybridized carbons (Fsp3) is 0.200. The van der Waals surface area contributed by atoms with Gasteiger partial charge >= 0.3 is 0 Å². The Balaban J connectivity index is 2.03. The molecule has 0 aliphatic heterocycles. The average Bonchev–Trinajstić information content (AvgIpc) is 2.38. The summed E-state index contributed by atoms with van der Waals surface area (Å²) >= 11 is 6.07. The van der Waals surface area contributed by atoms with Gasteiger partial charge in [-0.1, -0.05) is 48.0 Å². The zero-order chi connectivity index (χ0) is 13.0. The summed E-state index contributed by atoms with van der Waals surface area (Å²) in [6.45, 7) is 2.56. The van der Waals surface area contributed by atoms with Crippen molar-refractivity contribution in [2.45, 2.75) is 19.5 Å². The summed E-state index contributed by atoms with van der Waals surface area (Å²) in [6.07, 6.45) is 0. The first-order valence-electron chi connectivity index (χ1n) is 5.89. The van der Waals surface area contributed by atoms with Crippen LogP contribution in [0.2, 0.25) is 5.02 Å². The van der Waals surface area contributed by atoms with Crippen LogP contribution in [0.3, 0.4) is 0 Å². The lowest BCUT2D eigenvalue weighted by Gasteiger charge is -2.15. The van der Waals surface area contributed by atoms with Crippen LogP contribution in [0, 0.1) is 5.82 Å². The van der Waals surface area contributed by atoms with Gasteiger partial charge in [-0.2, -0.15) is 0 Å². The predicted octanol–water partition coefficient (Wildman–Crippen LogP) is 4.33. The molecule has 0 bridgehead atoms. The highest BCUT2D eigenvalue weighted by Gasteiger charge is 2.09. The molecule has 0 heterocycles. The first kappa shape index (κ1) is 13.1. The Morgan fingerprint density at radius 2 is 1.78 bits per heavy atom. The van der Waals surface area contributed by atoms with Gasteiger partial charge in [0.2, 0.25) is 0 Å². The zero-order valence-electron chi connectivity index (χ0n) is 10.2. The normalized spacial score (nSPS) is 12.4. The minimum absolute atomic E-state index is 0.0533. The third-order valence-electron chi connectivity index (χ3n) is 2.93. The molecule has 0 spiro atoms. The lowest BCUT2D eigenvalue weighted by Crippen LogP contribution is -2.19. The second-order valence-corrected chi connectivity index (χ2v) is 4.62. The van der Waals surface area contributed by atoms with Crippen LogP contribution >= 0.6 is 11.6 Å². The fourth-order valence-electron chi connectivity index (χ4n) is 1.84. The van der Waals surface area contributed by atoms with Gasteiger partial charge in [0.25, 0.3) is 0 Å². The molecule has 0 saturated carbocycles. The third kappa shape index (κ3) is 3.09. The van der Waals surface area contributed by atoms with E-state index in [1.54, 1.807) is 12.1 Å². The van der Waals surface area contributed by atoms with Crippen molar-refractivity contribution < 1.29 is 4.39 Å². The minimum atomic E-state index is -0.184. The van der Waals surface area contributed by atoms with Crippen molar-refractivity contribution in [1.82, 2.24) is 5.32 Å². The number of halogens is 2. The van der Waals surface area contributed by atoms with Crippen LogP contribution < -0.4 is 5.32 Å². The van der Waals surface area contributed by atoms with E-state index >= 15 is 0 Å². The molecule has 0 aromatic heterocycles. The molecule has 1 nitrogen and oxygen atoms in total. The molecule has 1 atom stereocenters. The molecule has 3 heteroatoms. The van der Waals surface area contributed by atoms with Gasteiger partial charge in [0.05, 0.1) is 0 Å². The Kier molecular flexibility index (Phi) is 4.34. The molecule has 0 radical (unpaired) electrons. The molecule has 0 saturated heterocycles. The summed E-state index contributed by atoms with van der Waals surface area (Å²) in [4.78, 5) is 0. The molecular formula is C15H15ClFN. The molecule has 94 valence electrons. The largest absolute Gasteiger partial charge is 0.306 e. The molecule has 1 N–H and O–H groups in total. The van der Waals surface area contributed by atoms with Gasteiger partial charge in [0, 0.05) is 23.2 Å². The summed E-state index contributed by atoms with van der Waals surface area (Å²) in [5, 5.41) is 4.00. The molecule has 2 aromatic carbocycles. The van der Waals surface area contributed by atoms with Crippen molar-refractivity contribution in [3.05, 3.63) is 70.5 Å². The van der Waals surface area contributed by atoms with Crippen molar-refractivity contribution in [2.24, 2.45) is 0 Å². The first-order valence-corrected chi connectivity index (χ1v) is 6.27. The van der Waals surface area contributed by atoms with Gasteiger partial charge in [0.15, 0.2) is 0 Å². The Labute approximate surface area is 112 Å². The zero-order valence-corrected chi connectivity index (χ0v) is 10.9. The van der Waals surface area contributed by atoms with E-state index in [-0.39, 0.29) is 11.9 Å². The maximum absolute atomic E-state index is 13.6. The van der Waals surface area contributed by atoms with E-state index in [2.05, 4.69) is 5.32 Å². The molecule has 0 amide bonds. The predicted molar refractivity (Wildman–Crippen MR) is 73.1 cm³/mol. The third-order valence-corrected chi connectivity index (χ3v) is 3.30. The second kappa shape index (κ2) is 5.98. The van der Waals surface area contributed by atoms with Crippen LogP contribution in [0.25, 0.3) is 0 Å². The fourth-order valence-corrected chi connectivity index (χ4v) is 2.04. The number of hydrogen-bond acceptors (Lipinski definition) is 1. The van der Waals surface area contributed by atoms with E-state index in [0.29, 0.717) is 12.1 Å². The van der Waals surface area contributed by atoms with E-state index in [0.717, 1.165) is 10.6 Å². The molecule has 2 rings (SSSR count). The van der Waals surface area contributed by atoms with Gasteiger partial charge in [-0.3, -0.25) is 0 Å². The summed E-state index contributed by atoms with van der Waals surface area (Å²) in [6, 6.07) is 14.4. The molecular weight excluding hydrogens is 249 g/mol. The summed E-state index contributed by atoms with van der Waals surface area (Å²) < 4.78 is 13.6. The van der Waals surface area contributed by atoms with E-state index in [1.807, 2.05) is 37.3 Å². The molecule has 1 unspecified atom stereocenters. The van der Waals surface area contributed by atoms with Gasteiger partial charge < -0.3 is 5.32 Å². The van der Waals surface area contributed by atoms with Gasteiger partial charge in [0.1, 0.15) is 5.82 Å². The van der Waals surface area contributed by atoms with E-state index < -0.39 is 0 Å². The molecule has 0 aliphatic rings. The van der Waals surface area contributed by atoms with Crippen molar-refractivity contribution in [3.8, 4) is 0 Å². The number of nitrogens with one attached hydrogen (secondary N) is 1. The Hall–Kier alpha value is -1.38. The summed E-state index contributed by atoms with van der Waals surface area (Å²) in [5.74, 6) is -0.184. The monoisotopic (exact) mass is 263 g/mol. The molecule has 0 aliphatic carbocycles. The number of rotatable bonds is 4. The highest BCUT2D eigenvalue weighted by molar-refractivity contribution is 6.31. The molecule has 0 fully saturated rings. The first-order chi connectivity index (χ1) is 8.68. The number of benzene rings is 2. The van der Waals surface area contributed by atoms with Gasteiger partial charge in [-0.15, -0.1) is 0 Å².